The number of hydrogen-bond donors (Lipinski definition) is 0. The van der Waals surface area contributed by atoms with Crippen LogP contribution in [-0.4, -0.2) is 12.6 Å². The highest BCUT2D eigenvalue weighted by molar-refractivity contribution is 5.86. The van der Waals surface area contributed by atoms with Crippen molar-refractivity contribution in [3.63, 3.8) is 0 Å². The summed E-state index contributed by atoms with van der Waals surface area (Å²) in [5.74, 6) is 2.64. The molecule has 0 amide bonds. The molecule has 0 rings (SSSR count). The quantitative estimate of drug-likeness (QED) is 0.340. The standard InChI is InChI=1S/C17H32O2/c1-8-13(4)15(6)16(7)14(5)10-9-11-19-17(18)12(2)3/h13-16H,2,8-11H2,1,3-7H3. The summed E-state index contributed by atoms with van der Waals surface area (Å²) >= 11 is 0. The van der Waals surface area contributed by atoms with Gasteiger partial charge in [-0.1, -0.05) is 47.6 Å². The Kier molecular flexibility index (Phi) is 8.79. The van der Waals surface area contributed by atoms with E-state index < -0.39 is 0 Å². The molecular formula is C17H32O2. The lowest BCUT2D eigenvalue weighted by atomic mass is 9.76. The summed E-state index contributed by atoms with van der Waals surface area (Å²) < 4.78 is 5.12. The second-order valence-corrected chi connectivity index (χ2v) is 6.14. The van der Waals surface area contributed by atoms with Crippen LogP contribution >= 0.6 is 0 Å². The maximum Gasteiger partial charge on any atom is 0.333 e. The molecular weight excluding hydrogens is 236 g/mol. The van der Waals surface area contributed by atoms with Crippen molar-refractivity contribution in [1.82, 2.24) is 0 Å². The summed E-state index contributed by atoms with van der Waals surface area (Å²) in [5, 5.41) is 0. The summed E-state index contributed by atoms with van der Waals surface area (Å²) in [5.41, 5.74) is 0.479. The molecule has 112 valence electrons. The van der Waals surface area contributed by atoms with E-state index in [4.69, 9.17) is 4.74 Å². The average molecular weight is 268 g/mol. The monoisotopic (exact) mass is 268 g/mol. The van der Waals surface area contributed by atoms with Crippen LogP contribution in [0.1, 0.15) is 60.8 Å². The predicted molar refractivity (Wildman–Crippen MR) is 82.0 cm³/mol. The van der Waals surface area contributed by atoms with Gasteiger partial charge in [0.25, 0.3) is 0 Å². The van der Waals surface area contributed by atoms with Gasteiger partial charge in [-0.2, -0.15) is 0 Å². The lowest BCUT2D eigenvalue weighted by Gasteiger charge is -2.30. The maximum absolute atomic E-state index is 11.2. The zero-order valence-corrected chi connectivity index (χ0v) is 13.7. The Balaban J connectivity index is 3.94. The van der Waals surface area contributed by atoms with E-state index in [0.29, 0.717) is 24.0 Å². The zero-order chi connectivity index (χ0) is 15.0. The molecule has 0 bridgehead atoms. The molecule has 0 aromatic heterocycles. The van der Waals surface area contributed by atoms with Gasteiger partial charge in [0.05, 0.1) is 6.61 Å². The molecule has 0 spiro atoms. The van der Waals surface area contributed by atoms with Crippen molar-refractivity contribution in [2.75, 3.05) is 6.61 Å². The second kappa shape index (κ2) is 9.17. The van der Waals surface area contributed by atoms with Gasteiger partial charge in [0.15, 0.2) is 0 Å². The molecule has 4 unspecified atom stereocenters. The van der Waals surface area contributed by atoms with Crippen molar-refractivity contribution >= 4 is 5.97 Å². The smallest absolute Gasteiger partial charge is 0.333 e. The van der Waals surface area contributed by atoms with Crippen molar-refractivity contribution in [2.45, 2.75) is 60.8 Å². The van der Waals surface area contributed by atoms with Crippen LogP contribution in [0.15, 0.2) is 12.2 Å². The lowest BCUT2D eigenvalue weighted by Crippen LogP contribution is -2.22. The minimum absolute atomic E-state index is 0.270. The van der Waals surface area contributed by atoms with E-state index in [1.54, 1.807) is 6.92 Å². The van der Waals surface area contributed by atoms with E-state index in [9.17, 15) is 4.79 Å². The van der Waals surface area contributed by atoms with Crippen molar-refractivity contribution in [3.05, 3.63) is 12.2 Å². The normalized spacial score (nSPS) is 17.4. The first-order valence-electron chi connectivity index (χ1n) is 7.63. The fraction of sp³-hybridized carbons (Fsp3) is 0.824. The molecule has 0 aliphatic heterocycles. The van der Waals surface area contributed by atoms with Gasteiger partial charge >= 0.3 is 5.97 Å². The Morgan fingerprint density at radius 1 is 1.11 bits per heavy atom. The molecule has 0 saturated carbocycles. The Bertz CT molecular complexity index is 283. The average Bonchev–Trinajstić information content (AvgIpc) is 2.39. The summed E-state index contributed by atoms with van der Waals surface area (Å²) in [6.45, 7) is 17.4. The molecule has 19 heavy (non-hydrogen) atoms. The van der Waals surface area contributed by atoms with Crippen LogP contribution in [0.25, 0.3) is 0 Å². The van der Waals surface area contributed by atoms with Crippen LogP contribution in [0, 0.1) is 23.7 Å². The van der Waals surface area contributed by atoms with Gasteiger partial charge in [0.1, 0.15) is 0 Å². The van der Waals surface area contributed by atoms with Crippen molar-refractivity contribution in [3.8, 4) is 0 Å². The first-order valence-corrected chi connectivity index (χ1v) is 7.63. The van der Waals surface area contributed by atoms with E-state index in [0.717, 1.165) is 24.7 Å². The Morgan fingerprint density at radius 2 is 1.63 bits per heavy atom. The summed E-state index contributed by atoms with van der Waals surface area (Å²) in [4.78, 5) is 11.2. The highest BCUT2D eigenvalue weighted by Crippen LogP contribution is 2.30. The third kappa shape index (κ3) is 6.79. The van der Waals surface area contributed by atoms with Crippen molar-refractivity contribution < 1.29 is 9.53 Å². The van der Waals surface area contributed by atoms with Gasteiger partial charge in [-0.25, -0.2) is 4.79 Å². The molecule has 0 aliphatic carbocycles. The molecule has 0 aromatic rings. The molecule has 0 aliphatic rings. The number of rotatable bonds is 9. The number of carbonyl (C=O) groups excluding carboxylic acids is 1. The number of ether oxygens (including phenoxy) is 1. The molecule has 0 N–H and O–H groups in total. The summed E-state index contributed by atoms with van der Waals surface area (Å²) in [7, 11) is 0. The van der Waals surface area contributed by atoms with Gasteiger partial charge in [-0.05, 0) is 43.4 Å². The molecule has 0 saturated heterocycles. The summed E-state index contributed by atoms with van der Waals surface area (Å²) in [6, 6.07) is 0. The second-order valence-electron chi connectivity index (χ2n) is 6.14. The Labute approximate surface area is 119 Å². The molecule has 2 heteroatoms. The van der Waals surface area contributed by atoms with E-state index >= 15 is 0 Å². The minimum Gasteiger partial charge on any atom is -0.462 e. The third-order valence-corrected chi connectivity index (χ3v) is 4.65. The predicted octanol–water partition coefficient (Wildman–Crippen LogP) is 4.84. The van der Waals surface area contributed by atoms with E-state index in [2.05, 4.69) is 41.2 Å². The Morgan fingerprint density at radius 3 is 2.11 bits per heavy atom. The van der Waals surface area contributed by atoms with E-state index in [-0.39, 0.29) is 5.97 Å². The zero-order valence-electron chi connectivity index (χ0n) is 13.7. The number of esters is 1. The van der Waals surface area contributed by atoms with E-state index in [1.165, 1.54) is 6.42 Å². The minimum atomic E-state index is -0.270. The topological polar surface area (TPSA) is 26.3 Å². The fourth-order valence-electron chi connectivity index (χ4n) is 2.36. The van der Waals surface area contributed by atoms with Crippen LogP contribution in [0.3, 0.4) is 0 Å². The van der Waals surface area contributed by atoms with Crippen LogP contribution in [0.5, 0.6) is 0 Å². The largest absolute Gasteiger partial charge is 0.462 e. The van der Waals surface area contributed by atoms with Crippen molar-refractivity contribution in [2.24, 2.45) is 23.7 Å². The highest BCUT2D eigenvalue weighted by Gasteiger charge is 2.22. The molecule has 2 nitrogen and oxygen atoms in total. The van der Waals surface area contributed by atoms with Gasteiger partial charge in [0, 0.05) is 5.57 Å². The molecule has 4 atom stereocenters. The summed E-state index contributed by atoms with van der Waals surface area (Å²) in [6.07, 6.45) is 3.30. The number of carbonyl (C=O) groups is 1. The molecule has 0 aromatic carbocycles. The molecule has 0 fully saturated rings. The van der Waals surface area contributed by atoms with Crippen LogP contribution in [0.2, 0.25) is 0 Å². The van der Waals surface area contributed by atoms with Crippen LogP contribution in [-0.2, 0) is 9.53 Å². The first kappa shape index (κ1) is 18.2. The number of hydrogen-bond acceptors (Lipinski definition) is 2. The highest BCUT2D eigenvalue weighted by atomic mass is 16.5. The maximum atomic E-state index is 11.2. The van der Waals surface area contributed by atoms with E-state index in [1.807, 2.05) is 0 Å². The third-order valence-electron chi connectivity index (χ3n) is 4.65. The van der Waals surface area contributed by atoms with Gasteiger partial charge in [-0.15, -0.1) is 0 Å². The Hall–Kier alpha value is -0.790. The van der Waals surface area contributed by atoms with Gasteiger partial charge in [0.2, 0.25) is 0 Å². The first-order chi connectivity index (χ1) is 8.81. The van der Waals surface area contributed by atoms with Gasteiger partial charge < -0.3 is 4.74 Å². The SMILES string of the molecule is C=C(C)C(=O)OCCCC(C)C(C)C(C)C(C)CC. The lowest BCUT2D eigenvalue weighted by molar-refractivity contribution is -0.139. The van der Waals surface area contributed by atoms with Crippen molar-refractivity contribution in [1.29, 1.82) is 0 Å². The molecule has 0 radical (unpaired) electrons. The molecule has 0 heterocycles. The van der Waals surface area contributed by atoms with Crippen LogP contribution in [0.4, 0.5) is 0 Å². The van der Waals surface area contributed by atoms with Gasteiger partial charge in [-0.3, -0.25) is 0 Å². The fourth-order valence-corrected chi connectivity index (χ4v) is 2.36. The van der Waals surface area contributed by atoms with Crippen LogP contribution < -0.4 is 0 Å².